The van der Waals surface area contributed by atoms with E-state index in [0.29, 0.717) is 24.8 Å². The molecule has 0 aromatic heterocycles. The van der Waals surface area contributed by atoms with E-state index in [1.165, 1.54) is 19.3 Å². The predicted molar refractivity (Wildman–Crippen MR) is 106 cm³/mol. The van der Waals surface area contributed by atoms with Crippen LogP contribution in [0, 0.1) is 11.8 Å². The lowest BCUT2D eigenvalue weighted by molar-refractivity contribution is -0.138. The molecule has 1 aliphatic heterocycles. The summed E-state index contributed by atoms with van der Waals surface area (Å²) in [6.07, 6.45) is 8.26. The van der Waals surface area contributed by atoms with Gasteiger partial charge >= 0.3 is 0 Å². The highest BCUT2D eigenvalue weighted by molar-refractivity contribution is 9.10. The maximum absolute atomic E-state index is 12.6. The number of carbonyl (C=O) groups is 2. The maximum Gasteiger partial charge on any atom is 0.225 e. The number of benzene rings is 1. The first kappa shape index (κ1) is 19.4. The van der Waals surface area contributed by atoms with Crippen LogP contribution in [-0.2, 0) is 16.1 Å². The molecule has 1 aromatic carbocycles. The molecule has 3 rings (SSSR count). The van der Waals surface area contributed by atoms with E-state index in [0.717, 1.165) is 48.8 Å². The van der Waals surface area contributed by atoms with Gasteiger partial charge < -0.3 is 10.2 Å². The van der Waals surface area contributed by atoms with Crippen LogP contribution in [0.25, 0.3) is 0 Å². The Balaban J connectivity index is 1.38. The predicted octanol–water partition coefficient (Wildman–Crippen LogP) is 4.27. The van der Waals surface area contributed by atoms with E-state index in [9.17, 15) is 9.59 Å². The standard InChI is InChI=1S/C21H29BrN2O2/c22-19-9-5-4-8-18(19)15-23-20(25)14-16-10-12-24(13-11-16)21(26)17-6-2-1-3-7-17/h4-5,8-9,16-17H,1-3,6-7,10-15H2,(H,23,25). The first-order chi connectivity index (χ1) is 12.6. The highest BCUT2D eigenvalue weighted by Crippen LogP contribution is 2.28. The molecule has 142 valence electrons. The summed E-state index contributed by atoms with van der Waals surface area (Å²) in [5, 5.41) is 3.02. The number of likely N-dealkylation sites (tertiary alicyclic amines) is 1. The molecule has 2 aliphatic rings. The zero-order valence-electron chi connectivity index (χ0n) is 15.4. The van der Waals surface area contributed by atoms with Gasteiger partial charge in [0.25, 0.3) is 0 Å². The molecule has 1 heterocycles. The molecule has 0 radical (unpaired) electrons. The zero-order valence-corrected chi connectivity index (χ0v) is 17.0. The molecule has 5 heteroatoms. The van der Waals surface area contributed by atoms with Gasteiger partial charge in [-0.3, -0.25) is 9.59 Å². The summed E-state index contributed by atoms with van der Waals surface area (Å²) in [7, 11) is 0. The van der Waals surface area contributed by atoms with Crippen molar-refractivity contribution >= 4 is 27.7 Å². The Morgan fingerprint density at radius 3 is 2.42 bits per heavy atom. The minimum Gasteiger partial charge on any atom is -0.352 e. The Labute approximate surface area is 164 Å². The van der Waals surface area contributed by atoms with E-state index < -0.39 is 0 Å². The third-order valence-corrected chi connectivity index (χ3v) is 6.56. The molecule has 1 N–H and O–H groups in total. The van der Waals surface area contributed by atoms with Crippen molar-refractivity contribution < 1.29 is 9.59 Å². The van der Waals surface area contributed by atoms with Gasteiger partial charge in [-0.05, 0) is 43.2 Å². The number of nitrogens with zero attached hydrogens (tertiary/aromatic N) is 1. The van der Waals surface area contributed by atoms with Crippen molar-refractivity contribution in [3.63, 3.8) is 0 Å². The fraction of sp³-hybridized carbons (Fsp3) is 0.619. The van der Waals surface area contributed by atoms with E-state index in [1.807, 2.05) is 29.2 Å². The SMILES string of the molecule is O=C(CC1CCN(C(=O)C2CCCCC2)CC1)NCc1ccccc1Br. The van der Waals surface area contributed by atoms with Crippen LogP contribution in [0.1, 0.15) is 56.9 Å². The van der Waals surface area contributed by atoms with E-state index >= 15 is 0 Å². The monoisotopic (exact) mass is 420 g/mol. The second-order valence-corrected chi connectivity index (χ2v) is 8.53. The zero-order chi connectivity index (χ0) is 18.4. The third kappa shape index (κ3) is 5.32. The van der Waals surface area contributed by atoms with Gasteiger partial charge in [0.2, 0.25) is 11.8 Å². The third-order valence-electron chi connectivity index (χ3n) is 5.79. The van der Waals surface area contributed by atoms with Crippen LogP contribution in [0.3, 0.4) is 0 Å². The Kier molecular flexibility index (Phi) is 7.12. The van der Waals surface area contributed by atoms with Crippen LogP contribution in [0.2, 0.25) is 0 Å². The number of hydrogen-bond acceptors (Lipinski definition) is 2. The van der Waals surface area contributed by atoms with Crippen LogP contribution < -0.4 is 5.32 Å². The number of nitrogens with one attached hydrogen (secondary N) is 1. The second kappa shape index (κ2) is 9.54. The molecule has 1 aliphatic carbocycles. The lowest BCUT2D eigenvalue weighted by atomic mass is 9.87. The fourth-order valence-corrected chi connectivity index (χ4v) is 4.56. The van der Waals surface area contributed by atoms with Crippen molar-refractivity contribution in [2.45, 2.75) is 57.9 Å². The normalized spacial score (nSPS) is 19.3. The lowest BCUT2D eigenvalue weighted by Gasteiger charge is -2.35. The van der Waals surface area contributed by atoms with Crippen molar-refractivity contribution in [2.24, 2.45) is 11.8 Å². The number of piperidine rings is 1. The average molecular weight is 421 g/mol. The fourth-order valence-electron chi connectivity index (χ4n) is 4.14. The van der Waals surface area contributed by atoms with Crippen LogP contribution in [0.15, 0.2) is 28.7 Å². The first-order valence-electron chi connectivity index (χ1n) is 9.92. The van der Waals surface area contributed by atoms with Gasteiger partial charge in [-0.1, -0.05) is 53.4 Å². The molecule has 1 aromatic rings. The Morgan fingerprint density at radius 2 is 1.73 bits per heavy atom. The highest BCUT2D eigenvalue weighted by Gasteiger charge is 2.29. The smallest absolute Gasteiger partial charge is 0.225 e. The summed E-state index contributed by atoms with van der Waals surface area (Å²) in [6, 6.07) is 7.95. The quantitative estimate of drug-likeness (QED) is 0.772. The van der Waals surface area contributed by atoms with E-state index in [1.54, 1.807) is 0 Å². The molecule has 1 saturated carbocycles. The molecule has 0 bridgehead atoms. The minimum absolute atomic E-state index is 0.109. The summed E-state index contributed by atoms with van der Waals surface area (Å²) >= 11 is 3.51. The topological polar surface area (TPSA) is 49.4 Å². The van der Waals surface area contributed by atoms with Gasteiger partial charge in [-0.25, -0.2) is 0 Å². The molecule has 0 atom stereocenters. The van der Waals surface area contributed by atoms with Gasteiger partial charge in [0.1, 0.15) is 0 Å². The molecule has 0 unspecified atom stereocenters. The van der Waals surface area contributed by atoms with Crippen molar-refractivity contribution in [1.82, 2.24) is 10.2 Å². The van der Waals surface area contributed by atoms with Crippen molar-refractivity contribution in [3.8, 4) is 0 Å². The second-order valence-electron chi connectivity index (χ2n) is 7.68. The van der Waals surface area contributed by atoms with E-state index in [4.69, 9.17) is 0 Å². The largest absolute Gasteiger partial charge is 0.352 e. The molecule has 26 heavy (non-hydrogen) atoms. The van der Waals surface area contributed by atoms with Gasteiger partial charge in [-0.15, -0.1) is 0 Å². The van der Waals surface area contributed by atoms with Crippen LogP contribution in [0.5, 0.6) is 0 Å². The first-order valence-corrected chi connectivity index (χ1v) is 10.7. The van der Waals surface area contributed by atoms with Crippen molar-refractivity contribution in [3.05, 3.63) is 34.3 Å². The number of hydrogen-bond donors (Lipinski definition) is 1. The van der Waals surface area contributed by atoms with Gasteiger partial charge in [0.05, 0.1) is 0 Å². The lowest BCUT2D eigenvalue weighted by Crippen LogP contribution is -2.43. The van der Waals surface area contributed by atoms with Crippen molar-refractivity contribution in [1.29, 1.82) is 0 Å². The Morgan fingerprint density at radius 1 is 1.04 bits per heavy atom. The number of carbonyl (C=O) groups excluding carboxylic acids is 2. The average Bonchev–Trinajstić information content (AvgIpc) is 2.68. The minimum atomic E-state index is 0.109. The summed E-state index contributed by atoms with van der Waals surface area (Å²) in [5.74, 6) is 1.12. The van der Waals surface area contributed by atoms with E-state index in [-0.39, 0.29) is 11.8 Å². The molecule has 1 saturated heterocycles. The van der Waals surface area contributed by atoms with Crippen molar-refractivity contribution in [2.75, 3.05) is 13.1 Å². The molecular formula is C21H29BrN2O2. The summed E-state index contributed by atoms with van der Waals surface area (Å²) in [4.78, 5) is 26.9. The van der Waals surface area contributed by atoms with Crippen LogP contribution >= 0.6 is 15.9 Å². The summed E-state index contributed by atoms with van der Waals surface area (Å²) in [6.45, 7) is 2.19. The van der Waals surface area contributed by atoms with Crippen LogP contribution in [0.4, 0.5) is 0 Å². The Hall–Kier alpha value is -1.36. The molecular weight excluding hydrogens is 392 g/mol. The van der Waals surface area contributed by atoms with Gasteiger partial charge in [-0.2, -0.15) is 0 Å². The number of halogens is 1. The summed E-state index contributed by atoms with van der Waals surface area (Å²) in [5.41, 5.74) is 1.09. The van der Waals surface area contributed by atoms with Crippen LogP contribution in [-0.4, -0.2) is 29.8 Å². The molecule has 2 amide bonds. The summed E-state index contributed by atoms with van der Waals surface area (Å²) < 4.78 is 1.02. The highest BCUT2D eigenvalue weighted by atomic mass is 79.9. The van der Waals surface area contributed by atoms with Gasteiger partial charge in [0, 0.05) is 36.4 Å². The number of amides is 2. The maximum atomic E-state index is 12.6. The molecule has 4 nitrogen and oxygen atoms in total. The van der Waals surface area contributed by atoms with Gasteiger partial charge in [0.15, 0.2) is 0 Å². The molecule has 2 fully saturated rings. The Bertz CT molecular complexity index is 620. The number of rotatable bonds is 5. The van der Waals surface area contributed by atoms with E-state index in [2.05, 4.69) is 21.2 Å². The molecule has 0 spiro atoms.